The van der Waals surface area contributed by atoms with Gasteiger partial charge in [0.15, 0.2) is 0 Å². The first-order valence-corrected chi connectivity index (χ1v) is 4.97. The van der Waals surface area contributed by atoms with Gasteiger partial charge in [-0.2, -0.15) is 22.0 Å². The molecule has 0 unspecified atom stereocenters. The molecule has 0 radical (unpaired) electrons. The number of aliphatic hydroxyl groups excluding tert-OH is 1. The van der Waals surface area contributed by atoms with Crippen LogP contribution in [0.2, 0.25) is 0 Å². The summed E-state index contributed by atoms with van der Waals surface area (Å²) in [7, 11) is 0. The van der Waals surface area contributed by atoms with Gasteiger partial charge in [0.05, 0.1) is 6.10 Å². The molecule has 1 saturated carbocycles. The molecule has 16 heavy (non-hydrogen) atoms. The number of hydrogen-bond acceptors (Lipinski definition) is 2. The molecular weight excluding hydrogens is 233 g/mol. The third-order valence-corrected chi connectivity index (χ3v) is 2.94. The summed E-state index contributed by atoms with van der Waals surface area (Å²) in [4.78, 5) is 0. The average molecular weight is 247 g/mol. The summed E-state index contributed by atoms with van der Waals surface area (Å²) in [5.41, 5.74) is 3.98. The lowest BCUT2D eigenvalue weighted by Gasteiger charge is -2.38. The molecule has 1 aliphatic rings. The van der Waals surface area contributed by atoms with Gasteiger partial charge in [0.1, 0.15) is 0 Å². The molecule has 0 atom stereocenters. The number of hydrogen-bond donors (Lipinski definition) is 2. The van der Waals surface area contributed by atoms with Crippen molar-refractivity contribution < 1.29 is 27.1 Å². The molecule has 0 spiro atoms. The van der Waals surface area contributed by atoms with Crippen LogP contribution in [-0.2, 0) is 0 Å². The summed E-state index contributed by atoms with van der Waals surface area (Å²) in [6, 6.07) is 0. The Bertz CT molecular complexity index is 245. The van der Waals surface area contributed by atoms with Gasteiger partial charge in [0.2, 0.25) is 0 Å². The van der Waals surface area contributed by atoms with E-state index in [0.717, 1.165) is 0 Å². The van der Waals surface area contributed by atoms with Crippen molar-refractivity contribution in [3.05, 3.63) is 0 Å². The fourth-order valence-corrected chi connectivity index (χ4v) is 1.90. The van der Waals surface area contributed by atoms with Gasteiger partial charge in [-0.25, -0.2) is 0 Å². The van der Waals surface area contributed by atoms with Crippen LogP contribution in [0.1, 0.15) is 32.1 Å². The molecule has 0 saturated heterocycles. The molecule has 0 bridgehead atoms. The number of aliphatic hydroxyl groups is 1. The van der Waals surface area contributed by atoms with Crippen LogP contribution < -0.4 is 5.73 Å². The summed E-state index contributed by atoms with van der Waals surface area (Å²) in [5.74, 6) is -4.76. The van der Waals surface area contributed by atoms with Crippen molar-refractivity contribution >= 4 is 0 Å². The van der Waals surface area contributed by atoms with Crippen LogP contribution in [0.25, 0.3) is 0 Å². The van der Waals surface area contributed by atoms with E-state index in [1.54, 1.807) is 0 Å². The van der Waals surface area contributed by atoms with E-state index in [1.807, 2.05) is 0 Å². The molecule has 96 valence electrons. The van der Waals surface area contributed by atoms with Crippen molar-refractivity contribution in [3.8, 4) is 0 Å². The van der Waals surface area contributed by atoms with Crippen LogP contribution in [0.15, 0.2) is 0 Å². The molecule has 3 N–H and O–H groups in total. The highest BCUT2D eigenvalue weighted by Crippen LogP contribution is 2.43. The minimum atomic E-state index is -5.56. The second-order valence-corrected chi connectivity index (χ2v) is 4.47. The number of alkyl halides is 5. The maximum Gasteiger partial charge on any atom is 0.453 e. The zero-order chi connectivity index (χ0) is 12.6. The zero-order valence-corrected chi connectivity index (χ0v) is 8.53. The second-order valence-electron chi connectivity index (χ2n) is 4.47. The molecule has 1 aliphatic carbocycles. The lowest BCUT2D eigenvalue weighted by Crippen LogP contribution is -2.52. The Hall–Kier alpha value is -0.430. The van der Waals surface area contributed by atoms with E-state index in [1.165, 1.54) is 0 Å². The highest BCUT2D eigenvalue weighted by molar-refractivity contribution is 4.95. The topological polar surface area (TPSA) is 46.2 Å². The third kappa shape index (κ3) is 3.04. The van der Waals surface area contributed by atoms with Gasteiger partial charge in [-0.3, -0.25) is 0 Å². The highest BCUT2D eigenvalue weighted by Gasteiger charge is 2.60. The Balaban J connectivity index is 2.66. The molecule has 1 fully saturated rings. The summed E-state index contributed by atoms with van der Waals surface area (Å²) in [6.45, 7) is 0. The Morgan fingerprint density at radius 3 is 1.94 bits per heavy atom. The molecule has 0 heterocycles. The van der Waals surface area contributed by atoms with Crippen LogP contribution in [0.5, 0.6) is 0 Å². The first-order chi connectivity index (χ1) is 7.06. The standard InChI is InChI=1S/C9H14F5NO/c10-8(11,9(12,13)14)5-7(15)3-1-6(16)2-4-7/h6,16H,1-5,15H2. The van der Waals surface area contributed by atoms with E-state index < -0.39 is 30.2 Å². The largest absolute Gasteiger partial charge is 0.453 e. The van der Waals surface area contributed by atoms with Gasteiger partial charge in [0.25, 0.3) is 0 Å². The number of rotatable bonds is 2. The molecule has 0 amide bonds. The predicted octanol–water partition coefficient (Wildman–Crippen LogP) is 2.21. The van der Waals surface area contributed by atoms with E-state index >= 15 is 0 Å². The van der Waals surface area contributed by atoms with Crippen molar-refractivity contribution in [3.63, 3.8) is 0 Å². The third-order valence-electron chi connectivity index (χ3n) is 2.94. The normalized spacial score (nSPS) is 32.8. The first-order valence-electron chi connectivity index (χ1n) is 4.97. The van der Waals surface area contributed by atoms with Crippen LogP contribution in [0, 0.1) is 0 Å². The van der Waals surface area contributed by atoms with Crippen molar-refractivity contribution in [2.24, 2.45) is 5.73 Å². The SMILES string of the molecule is NC1(CC(F)(F)C(F)(F)F)CCC(O)CC1. The maximum absolute atomic E-state index is 12.8. The smallest absolute Gasteiger partial charge is 0.393 e. The Morgan fingerprint density at radius 2 is 1.56 bits per heavy atom. The zero-order valence-electron chi connectivity index (χ0n) is 8.53. The lowest BCUT2D eigenvalue weighted by atomic mass is 9.77. The van der Waals surface area contributed by atoms with E-state index in [4.69, 9.17) is 10.8 Å². The Morgan fingerprint density at radius 1 is 1.12 bits per heavy atom. The quantitative estimate of drug-likeness (QED) is 0.735. The van der Waals surface area contributed by atoms with Crippen LogP contribution in [0.3, 0.4) is 0 Å². The molecule has 7 heteroatoms. The predicted molar refractivity (Wildman–Crippen MR) is 47.0 cm³/mol. The first kappa shape index (κ1) is 13.6. The molecule has 0 aromatic heterocycles. The number of halogens is 5. The maximum atomic E-state index is 12.8. The van der Waals surface area contributed by atoms with Crippen LogP contribution >= 0.6 is 0 Å². The van der Waals surface area contributed by atoms with Gasteiger partial charge < -0.3 is 10.8 Å². The van der Waals surface area contributed by atoms with E-state index in [0.29, 0.717) is 0 Å². The van der Waals surface area contributed by atoms with E-state index in [9.17, 15) is 22.0 Å². The van der Waals surface area contributed by atoms with E-state index in [2.05, 4.69) is 0 Å². The van der Waals surface area contributed by atoms with Gasteiger partial charge in [-0.1, -0.05) is 0 Å². The fourth-order valence-electron chi connectivity index (χ4n) is 1.90. The minimum Gasteiger partial charge on any atom is -0.393 e. The summed E-state index contributed by atoms with van der Waals surface area (Å²) in [6.07, 6.45) is -7.30. The van der Waals surface area contributed by atoms with E-state index in [-0.39, 0.29) is 25.7 Å². The fraction of sp³-hybridized carbons (Fsp3) is 1.00. The summed E-state index contributed by atoms with van der Waals surface area (Å²) in [5, 5.41) is 9.13. The molecule has 0 aliphatic heterocycles. The summed E-state index contributed by atoms with van der Waals surface area (Å²) >= 11 is 0. The lowest BCUT2D eigenvalue weighted by molar-refractivity contribution is -0.289. The summed E-state index contributed by atoms with van der Waals surface area (Å²) < 4.78 is 61.5. The Labute approximate surface area is 89.6 Å². The van der Waals surface area contributed by atoms with Crippen molar-refractivity contribution in [1.29, 1.82) is 0 Å². The highest BCUT2D eigenvalue weighted by atomic mass is 19.4. The number of nitrogens with two attached hydrogens (primary N) is 1. The van der Waals surface area contributed by atoms with Crippen LogP contribution in [0.4, 0.5) is 22.0 Å². The molecule has 0 aromatic rings. The van der Waals surface area contributed by atoms with Gasteiger partial charge >= 0.3 is 12.1 Å². The average Bonchev–Trinajstić information content (AvgIpc) is 2.08. The minimum absolute atomic E-state index is 0.0141. The second kappa shape index (κ2) is 4.10. The Kier molecular flexibility index (Phi) is 3.50. The van der Waals surface area contributed by atoms with Gasteiger partial charge in [-0.15, -0.1) is 0 Å². The van der Waals surface area contributed by atoms with Crippen molar-refractivity contribution in [2.45, 2.75) is 55.8 Å². The molecule has 2 nitrogen and oxygen atoms in total. The van der Waals surface area contributed by atoms with Crippen LogP contribution in [-0.4, -0.2) is 28.8 Å². The molecule has 0 aromatic carbocycles. The molecule has 1 rings (SSSR count). The van der Waals surface area contributed by atoms with Gasteiger partial charge in [-0.05, 0) is 25.7 Å². The monoisotopic (exact) mass is 247 g/mol. The van der Waals surface area contributed by atoms with Crippen molar-refractivity contribution in [2.75, 3.05) is 0 Å². The van der Waals surface area contributed by atoms with Crippen molar-refractivity contribution in [1.82, 2.24) is 0 Å². The molecular formula is C9H14F5NO. The van der Waals surface area contributed by atoms with Gasteiger partial charge in [0, 0.05) is 12.0 Å².